The van der Waals surface area contributed by atoms with E-state index in [1.165, 1.54) is 0 Å². The summed E-state index contributed by atoms with van der Waals surface area (Å²) in [6, 6.07) is 7.16. The average molecular weight is 330 g/mol. The van der Waals surface area contributed by atoms with Crippen molar-refractivity contribution in [1.82, 2.24) is 19.8 Å². The molecule has 0 aliphatic carbocycles. The summed E-state index contributed by atoms with van der Waals surface area (Å²) in [6.07, 6.45) is 3.64. The molecule has 1 N–H and O–H groups in total. The Kier molecular flexibility index (Phi) is 5.00. The molecule has 1 fully saturated rings. The van der Waals surface area contributed by atoms with Gasteiger partial charge in [-0.25, -0.2) is 4.98 Å². The minimum absolute atomic E-state index is 0.00586. The molecule has 1 aliphatic rings. The van der Waals surface area contributed by atoms with Crippen molar-refractivity contribution < 1.29 is 14.3 Å². The van der Waals surface area contributed by atoms with Gasteiger partial charge in [-0.2, -0.15) is 0 Å². The molecular weight excluding hydrogens is 308 g/mol. The summed E-state index contributed by atoms with van der Waals surface area (Å²) < 4.78 is 12.7. The first kappa shape index (κ1) is 16.3. The number of carbonyl (C=O) groups is 1. The molecule has 1 saturated heterocycles. The third-order valence-corrected chi connectivity index (χ3v) is 4.12. The number of hydrogen-bond donors (Lipinski definition) is 1. The summed E-state index contributed by atoms with van der Waals surface area (Å²) in [5.74, 6) is 2.14. The normalized spacial score (nSPS) is 17.6. The minimum Gasteiger partial charge on any atom is -0.497 e. The highest BCUT2D eigenvalue weighted by molar-refractivity contribution is 5.78. The van der Waals surface area contributed by atoms with Crippen molar-refractivity contribution in [2.75, 3.05) is 33.4 Å². The molecule has 7 nitrogen and oxygen atoms in total. The monoisotopic (exact) mass is 330 g/mol. The highest BCUT2D eigenvalue weighted by Gasteiger charge is 2.30. The molecular formula is C17H22N4O3. The molecule has 1 unspecified atom stereocenters. The van der Waals surface area contributed by atoms with Gasteiger partial charge >= 0.3 is 0 Å². The zero-order valence-electron chi connectivity index (χ0n) is 13.9. The SMILES string of the molecule is COc1cccc(OCC(=O)N2CCNCC2c2nccn2C)c1. The van der Waals surface area contributed by atoms with Gasteiger partial charge in [0.2, 0.25) is 0 Å². The van der Waals surface area contributed by atoms with Crippen molar-refractivity contribution in [3.63, 3.8) is 0 Å². The predicted octanol–water partition coefficient (Wildman–Crippen LogP) is 0.981. The summed E-state index contributed by atoms with van der Waals surface area (Å²) in [4.78, 5) is 18.9. The fourth-order valence-corrected chi connectivity index (χ4v) is 2.85. The number of piperazine rings is 1. The Morgan fingerprint density at radius 1 is 1.42 bits per heavy atom. The molecule has 3 rings (SSSR count). The number of carbonyl (C=O) groups excluding carboxylic acids is 1. The van der Waals surface area contributed by atoms with Crippen LogP contribution in [0.5, 0.6) is 11.5 Å². The van der Waals surface area contributed by atoms with Crippen LogP contribution in [0.2, 0.25) is 0 Å². The van der Waals surface area contributed by atoms with E-state index in [2.05, 4.69) is 10.3 Å². The topological polar surface area (TPSA) is 68.6 Å². The molecule has 1 aliphatic heterocycles. The molecule has 1 atom stereocenters. The molecule has 128 valence electrons. The number of ether oxygens (including phenoxy) is 2. The quantitative estimate of drug-likeness (QED) is 0.885. The fourth-order valence-electron chi connectivity index (χ4n) is 2.85. The van der Waals surface area contributed by atoms with E-state index in [0.717, 1.165) is 12.4 Å². The smallest absolute Gasteiger partial charge is 0.261 e. The van der Waals surface area contributed by atoms with Crippen molar-refractivity contribution >= 4 is 5.91 Å². The summed E-state index contributed by atoms with van der Waals surface area (Å²) in [7, 11) is 3.54. The summed E-state index contributed by atoms with van der Waals surface area (Å²) in [6.45, 7) is 2.09. The molecule has 0 spiro atoms. The second kappa shape index (κ2) is 7.35. The van der Waals surface area contributed by atoms with Crippen LogP contribution in [0.15, 0.2) is 36.7 Å². The van der Waals surface area contributed by atoms with E-state index in [0.29, 0.717) is 24.6 Å². The number of amides is 1. The van der Waals surface area contributed by atoms with E-state index in [4.69, 9.17) is 9.47 Å². The van der Waals surface area contributed by atoms with Crippen molar-refractivity contribution in [2.24, 2.45) is 7.05 Å². The van der Waals surface area contributed by atoms with Gasteiger partial charge in [-0.3, -0.25) is 4.79 Å². The standard InChI is InChI=1S/C17H22N4O3/c1-20-8-7-19-17(20)15-11-18-6-9-21(15)16(22)12-24-14-5-3-4-13(10-14)23-2/h3-5,7-8,10,15,18H,6,9,11-12H2,1-2H3. The zero-order valence-corrected chi connectivity index (χ0v) is 13.9. The van der Waals surface area contributed by atoms with Crippen molar-refractivity contribution in [3.05, 3.63) is 42.5 Å². The lowest BCUT2D eigenvalue weighted by Gasteiger charge is -2.35. The molecule has 1 aromatic heterocycles. The van der Waals surface area contributed by atoms with E-state index in [1.807, 2.05) is 40.9 Å². The molecule has 1 amide bonds. The van der Waals surface area contributed by atoms with E-state index < -0.39 is 0 Å². The number of aryl methyl sites for hydroxylation is 1. The van der Waals surface area contributed by atoms with Crippen LogP contribution in [0.1, 0.15) is 11.9 Å². The average Bonchev–Trinajstić information content (AvgIpc) is 3.05. The number of nitrogens with one attached hydrogen (secondary N) is 1. The van der Waals surface area contributed by atoms with Crippen molar-refractivity contribution in [3.8, 4) is 11.5 Å². The number of imidazole rings is 1. The van der Waals surface area contributed by atoms with Crippen LogP contribution in [0, 0.1) is 0 Å². The van der Waals surface area contributed by atoms with Gasteiger partial charge in [0, 0.05) is 45.1 Å². The van der Waals surface area contributed by atoms with Gasteiger partial charge in [-0.15, -0.1) is 0 Å². The number of benzene rings is 1. The molecule has 24 heavy (non-hydrogen) atoms. The molecule has 7 heteroatoms. The second-order valence-electron chi connectivity index (χ2n) is 5.67. The Balaban J connectivity index is 1.67. The Hall–Kier alpha value is -2.54. The molecule has 2 heterocycles. The Morgan fingerprint density at radius 2 is 2.25 bits per heavy atom. The largest absolute Gasteiger partial charge is 0.497 e. The predicted molar refractivity (Wildman–Crippen MR) is 89.0 cm³/mol. The third kappa shape index (κ3) is 3.51. The van der Waals surface area contributed by atoms with Crippen LogP contribution in [-0.2, 0) is 11.8 Å². The number of methoxy groups -OCH3 is 1. The van der Waals surface area contributed by atoms with Gasteiger partial charge in [-0.05, 0) is 12.1 Å². The highest BCUT2D eigenvalue weighted by Crippen LogP contribution is 2.22. The summed E-state index contributed by atoms with van der Waals surface area (Å²) in [5, 5.41) is 3.32. The second-order valence-corrected chi connectivity index (χ2v) is 5.67. The van der Waals surface area contributed by atoms with E-state index in [1.54, 1.807) is 19.4 Å². The van der Waals surface area contributed by atoms with Crippen molar-refractivity contribution in [1.29, 1.82) is 0 Å². The lowest BCUT2D eigenvalue weighted by atomic mass is 10.1. The van der Waals surface area contributed by atoms with Crippen LogP contribution >= 0.6 is 0 Å². The van der Waals surface area contributed by atoms with E-state index in [9.17, 15) is 4.79 Å². The first-order valence-corrected chi connectivity index (χ1v) is 7.93. The fraction of sp³-hybridized carbons (Fsp3) is 0.412. The van der Waals surface area contributed by atoms with Gasteiger partial charge in [0.25, 0.3) is 5.91 Å². The van der Waals surface area contributed by atoms with Gasteiger partial charge in [0.15, 0.2) is 6.61 Å². The molecule has 2 aromatic rings. The highest BCUT2D eigenvalue weighted by atomic mass is 16.5. The molecule has 0 bridgehead atoms. The van der Waals surface area contributed by atoms with Gasteiger partial charge < -0.3 is 24.3 Å². The molecule has 0 radical (unpaired) electrons. The number of nitrogens with zero attached hydrogens (tertiary/aromatic N) is 3. The Morgan fingerprint density at radius 3 is 3.00 bits per heavy atom. The van der Waals surface area contributed by atoms with E-state index in [-0.39, 0.29) is 18.6 Å². The molecule has 1 aromatic carbocycles. The van der Waals surface area contributed by atoms with Gasteiger partial charge in [0.05, 0.1) is 7.11 Å². The first-order chi connectivity index (χ1) is 11.7. The van der Waals surface area contributed by atoms with Crippen LogP contribution in [0.4, 0.5) is 0 Å². The maximum atomic E-state index is 12.6. The lowest BCUT2D eigenvalue weighted by Crippen LogP contribution is -2.50. The maximum absolute atomic E-state index is 12.6. The number of rotatable bonds is 5. The summed E-state index contributed by atoms with van der Waals surface area (Å²) in [5.41, 5.74) is 0. The summed E-state index contributed by atoms with van der Waals surface area (Å²) >= 11 is 0. The first-order valence-electron chi connectivity index (χ1n) is 7.93. The van der Waals surface area contributed by atoms with E-state index >= 15 is 0 Å². The van der Waals surface area contributed by atoms with Gasteiger partial charge in [0.1, 0.15) is 23.4 Å². The third-order valence-electron chi connectivity index (χ3n) is 4.12. The Labute approximate surface area is 141 Å². The van der Waals surface area contributed by atoms with Crippen LogP contribution in [0.25, 0.3) is 0 Å². The number of aromatic nitrogens is 2. The maximum Gasteiger partial charge on any atom is 0.261 e. The van der Waals surface area contributed by atoms with Crippen molar-refractivity contribution in [2.45, 2.75) is 6.04 Å². The van der Waals surface area contributed by atoms with Gasteiger partial charge in [-0.1, -0.05) is 6.07 Å². The van der Waals surface area contributed by atoms with Crippen LogP contribution < -0.4 is 14.8 Å². The number of hydrogen-bond acceptors (Lipinski definition) is 5. The molecule has 0 saturated carbocycles. The Bertz CT molecular complexity index is 701. The minimum atomic E-state index is -0.0832. The van der Waals surface area contributed by atoms with Crippen LogP contribution in [-0.4, -0.2) is 53.7 Å². The zero-order chi connectivity index (χ0) is 16.9. The lowest BCUT2D eigenvalue weighted by molar-refractivity contribution is -0.137. The van der Waals surface area contributed by atoms with Crippen LogP contribution in [0.3, 0.4) is 0 Å².